The summed E-state index contributed by atoms with van der Waals surface area (Å²) in [7, 11) is 0. The summed E-state index contributed by atoms with van der Waals surface area (Å²) in [6.07, 6.45) is 4.65. The maximum Gasteiger partial charge on any atom is 0.410 e. The van der Waals surface area contributed by atoms with Gasteiger partial charge >= 0.3 is 6.09 Å². The molecule has 1 fully saturated rings. The van der Waals surface area contributed by atoms with E-state index in [2.05, 4.69) is 43.8 Å². The molecule has 1 atom stereocenters. The predicted octanol–water partition coefficient (Wildman–Crippen LogP) is 4.46. The summed E-state index contributed by atoms with van der Waals surface area (Å²) in [5.74, 6) is 0.417. The first-order valence-electron chi connectivity index (χ1n) is 8.75. The molecular formula is C20H20BrN3O2. The van der Waals surface area contributed by atoms with Crippen LogP contribution >= 0.6 is 15.9 Å². The number of carbonyl (C=O) groups excluding carboxylic acids is 1. The number of aromatic nitrogens is 2. The molecule has 6 heteroatoms. The second kappa shape index (κ2) is 7.50. The number of amides is 1. The van der Waals surface area contributed by atoms with Gasteiger partial charge in [0.1, 0.15) is 12.3 Å². The molecule has 0 saturated carbocycles. The zero-order chi connectivity index (χ0) is 17.9. The molecule has 0 N–H and O–H groups in total. The number of hydrogen-bond donors (Lipinski definition) is 0. The number of ether oxygens (including phenoxy) is 1. The van der Waals surface area contributed by atoms with Crippen LogP contribution in [0.4, 0.5) is 4.79 Å². The number of nitrogens with zero attached hydrogens (tertiary/aromatic N) is 3. The molecule has 26 heavy (non-hydrogen) atoms. The fourth-order valence-corrected chi connectivity index (χ4v) is 3.78. The van der Waals surface area contributed by atoms with Crippen molar-refractivity contribution in [3.8, 4) is 0 Å². The summed E-state index contributed by atoms with van der Waals surface area (Å²) in [5, 5.41) is 1.12. The molecule has 1 aromatic carbocycles. The normalized spacial score (nSPS) is 17.0. The molecule has 0 aliphatic carbocycles. The minimum Gasteiger partial charge on any atom is -0.445 e. The van der Waals surface area contributed by atoms with Gasteiger partial charge in [-0.2, -0.15) is 0 Å². The van der Waals surface area contributed by atoms with Gasteiger partial charge < -0.3 is 14.2 Å². The van der Waals surface area contributed by atoms with Gasteiger partial charge in [-0.15, -0.1) is 0 Å². The molecule has 1 amide bonds. The van der Waals surface area contributed by atoms with Gasteiger partial charge in [-0.25, -0.2) is 9.78 Å². The number of benzene rings is 1. The molecule has 134 valence electrons. The highest BCUT2D eigenvalue weighted by atomic mass is 79.9. The van der Waals surface area contributed by atoms with E-state index in [-0.39, 0.29) is 6.09 Å². The standard InChI is InChI=1S/C20H20BrN3O2/c21-18-10-17-7-9-23(19(17)22-11-18)12-16-6-8-24(13-16)20(25)26-14-15-4-2-1-3-5-15/h1-5,7,9-11,16H,6,8,12-14H2. The minimum absolute atomic E-state index is 0.226. The van der Waals surface area contributed by atoms with Gasteiger partial charge in [0.15, 0.2) is 0 Å². The lowest BCUT2D eigenvalue weighted by Gasteiger charge is -2.17. The molecule has 1 saturated heterocycles. The lowest BCUT2D eigenvalue weighted by molar-refractivity contribution is 0.103. The third-order valence-corrected chi connectivity index (χ3v) is 5.21. The van der Waals surface area contributed by atoms with E-state index in [0.717, 1.165) is 47.1 Å². The average Bonchev–Trinajstić information content (AvgIpc) is 3.28. The highest BCUT2D eigenvalue weighted by molar-refractivity contribution is 9.10. The fourth-order valence-electron chi connectivity index (χ4n) is 3.43. The second-order valence-corrected chi connectivity index (χ2v) is 7.59. The van der Waals surface area contributed by atoms with Crippen LogP contribution in [0.1, 0.15) is 12.0 Å². The monoisotopic (exact) mass is 413 g/mol. The maximum absolute atomic E-state index is 12.3. The van der Waals surface area contributed by atoms with Gasteiger partial charge in [0.05, 0.1) is 0 Å². The summed E-state index contributed by atoms with van der Waals surface area (Å²) in [6, 6.07) is 13.9. The fraction of sp³-hybridized carbons (Fsp3) is 0.300. The van der Waals surface area contributed by atoms with Crippen molar-refractivity contribution in [3.05, 3.63) is 64.9 Å². The minimum atomic E-state index is -0.226. The van der Waals surface area contributed by atoms with Crippen molar-refractivity contribution in [2.24, 2.45) is 5.92 Å². The Kier molecular flexibility index (Phi) is 4.93. The lowest BCUT2D eigenvalue weighted by atomic mass is 10.1. The van der Waals surface area contributed by atoms with Crippen molar-refractivity contribution in [1.29, 1.82) is 0 Å². The predicted molar refractivity (Wildman–Crippen MR) is 104 cm³/mol. The van der Waals surface area contributed by atoms with Crippen molar-refractivity contribution in [1.82, 2.24) is 14.5 Å². The van der Waals surface area contributed by atoms with Crippen molar-refractivity contribution in [2.75, 3.05) is 13.1 Å². The Bertz CT molecular complexity index is 910. The molecule has 3 aromatic rings. The van der Waals surface area contributed by atoms with Crippen LogP contribution in [0.2, 0.25) is 0 Å². The van der Waals surface area contributed by atoms with Gasteiger partial charge in [-0.1, -0.05) is 30.3 Å². The molecule has 4 rings (SSSR count). The first kappa shape index (κ1) is 17.1. The molecule has 1 unspecified atom stereocenters. The van der Waals surface area contributed by atoms with Crippen LogP contribution in [0, 0.1) is 5.92 Å². The zero-order valence-corrected chi connectivity index (χ0v) is 15.9. The van der Waals surface area contributed by atoms with Gasteiger partial charge in [0.2, 0.25) is 0 Å². The highest BCUT2D eigenvalue weighted by Crippen LogP contribution is 2.23. The van der Waals surface area contributed by atoms with Crippen molar-refractivity contribution in [2.45, 2.75) is 19.6 Å². The first-order chi connectivity index (χ1) is 12.7. The molecule has 2 aromatic heterocycles. The van der Waals surface area contributed by atoms with Crippen molar-refractivity contribution < 1.29 is 9.53 Å². The summed E-state index contributed by atoms with van der Waals surface area (Å²) in [6.45, 7) is 2.66. The van der Waals surface area contributed by atoms with Gasteiger partial charge in [-0.05, 0) is 46.0 Å². The SMILES string of the molecule is O=C(OCc1ccccc1)N1CCC(Cn2ccc3cc(Br)cnc32)C1. The lowest BCUT2D eigenvalue weighted by Crippen LogP contribution is -2.29. The van der Waals surface area contributed by atoms with E-state index in [0.29, 0.717) is 12.5 Å². The van der Waals surface area contributed by atoms with Crippen LogP contribution in [0.25, 0.3) is 11.0 Å². The molecule has 1 aliphatic rings. The van der Waals surface area contributed by atoms with Gasteiger partial charge in [0, 0.05) is 41.9 Å². The molecular weight excluding hydrogens is 394 g/mol. The zero-order valence-electron chi connectivity index (χ0n) is 14.3. The Labute approximate surface area is 160 Å². The van der Waals surface area contributed by atoms with E-state index in [1.54, 1.807) is 0 Å². The smallest absolute Gasteiger partial charge is 0.410 e. The number of halogens is 1. The quantitative estimate of drug-likeness (QED) is 0.634. The van der Waals surface area contributed by atoms with Crippen LogP contribution in [0.3, 0.4) is 0 Å². The number of hydrogen-bond acceptors (Lipinski definition) is 3. The Hall–Kier alpha value is -2.34. The third-order valence-electron chi connectivity index (χ3n) is 4.77. The molecule has 0 radical (unpaired) electrons. The Morgan fingerprint density at radius 1 is 1.27 bits per heavy atom. The summed E-state index contributed by atoms with van der Waals surface area (Å²) >= 11 is 3.46. The number of fused-ring (bicyclic) bond motifs is 1. The Morgan fingerprint density at radius 3 is 2.96 bits per heavy atom. The van der Waals surface area contributed by atoms with E-state index in [9.17, 15) is 4.79 Å². The number of carbonyl (C=O) groups is 1. The Balaban J connectivity index is 1.33. The van der Waals surface area contributed by atoms with E-state index in [1.807, 2.05) is 41.4 Å². The van der Waals surface area contributed by atoms with E-state index < -0.39 is 0 Å². The summed E-state index contributed by atoms with van der Waals surface area (Å²) < 4.78 is 8.60. The number of likely N-dealkylation sites (tertiary alicyclic amines) is 1. The van der Waals surface area contributed by atoms with Crippen molar-refractivity contribution >= 4 is 33.1 Å². The number of pyridine rings is 1. The van der Waals surface area contributed by atoms with Crippen LogP contribution < -0.4 is 0 Å². The second-order valence-electron chi connectivity index (χ2n) is 6.68. The first-order valence-corrected chi connectivity index (χ1v) is 9.54. The molecule has 0 spiro atoms. The van der Waals surface area contributed by atoms with Gasteiger partial charge in [0.25, 0.3) is 0 Å². The molecule has 5 nitrogen and oxygen atoms in total. The van der Waals surface area contributed by atoms with Gasteiger partial charge in [-0.3, -0.25) is 0 Å². The van der Waals surface area contributed by atoms with Crippen molar-refractivity contribution in [3.63, 3.8) is 0 Å². The third kappa shape index (κ3) is 3.75. The van der Waals surface area contributed by atoms with Crippen LogP contribution in [0.5, 0.6) is 0 Å². The van der Waals surface area contributed by atoms with Crippen LogP contribution in [-0.2, 0) is 17.9 Å². The van der Waals surface area contributed by atoms with E-state index in [4.69, 9.17) is 4.74 Å². The van der Waals surface area contributed by atoms with E-state index >= 15 is 0 Å². The molecule has 3 heterocycles. The average molecular weight is 414 g/mol. The van der Waals surface area contributed by atoms with E-state index in [1.165, 1.54) is 0 Å². The molecule has 1 aliphatic heterocycles. The van der Waals surface area contributed by atoms with Crippen LogP contribution in [0.15, 0.2) is 59.3 Å². The largest absolute Gasteiger partial charge is 0.445 e. The topological polar surface area (TPSA) is 47.4 Å². The Morgan fingerprint density at radius 2 is 2.12 bits per heavy atom. The maximum atomic E-state index is 12.3. The summed E-state index contributed by atoms with van der Waals surface area (Å²) in [4.78, 5) is 18.6. The van der Waals surface area contributed by atoms with Crippen LogP contribution in [-0.4, -0.2) is 33.6 Å². The summed E-state index contributed by atoms with van der Waals surface area (Å²) in [5.41, 5.74) is 1.99. The highest BCUT2D eigenvalue weighted by Gasteiger charge is 2.27. The molecule has 0 bridgehead atoms. The number of rotatable bonds is 4.